The van der Waals surface area contributed by atoms with E-state index in [4.69, 9.17) is 5.73 Å². The van der Waals surface area contributed by atoms with E-state index in [2.05, 4.69) is 29.9 Å². The van der Waals surface area contributed by atoms with Crippen molar-refractivity contribution in [1.82, 2.24) is 0 Å². The van der Waals surface area contributed by atoms with Crippen LogP contribution in [0.1, 0.15) is 42.9 Å². The van der Waals surface area contributed by atoms with Gasteiger partial charge in [-0.15, -0.1) is 0 Å². The largest absolute Gasteiger partial charge is 0.399 e. The van der Waals surface area contributed by atoms with Crippen molar-refractivity contribution in [3.8, 4) is 0 Å². The number of hydrogen-bond acceptors (Lipinski definition) is 2. The number of hydrogen-bond donors (Lipinski definition) is 1. The first-order valence-corrected chi connectivity index (χ1v) is 8.29. The number of nitrogen functional groups attached to an aromatic ring is 1. The first-order chi connectivity index (χ1) is 11.5. The van der Waals surface area contributed by atoms with Crippen molar-refractivity contribution in [2.45, 2.75) is 39.5 Å². The van der Waals surface area contributed by atoms with Crippen LogP contribution in [-0.4, -0.2) is 6.72 Å². The monoisotopic (exact) mass is 324 g/mol. The van der Waals surface area contributed by atoms with E-state index in [1.54, 1.807) is 0 Å². The molecule has 2 rings (SSSR count). The molecule has 2 N–H and O–H groups in total. The lowest BCUT2D eigenvalue weighted by Gasteiger charge is -2.08. The van der Waals surface area contributed by atoms with E-state index in [0.717, 1.165) is 42.5 Å². The summed E-state index contributed by atoms with van der Waals surface area (Å²) in [6.07, 6.45) is 6.28. The van der Waals surface area contributed by atoms with Gasteiger partial charge in [0.2, 0.25) is 0 Å². The average Bonchev–Trinajstić information content (AvgIpc) is 2.57. The molecule has 0 fully saturated rings. The van der Waals surface area contributed by atoms with Crippen molar-refractivity contribution < 1.29 is 4.39 Å². The van der Waals surface area contributed by atoms with Gasteiger partial charge in [0.15, 0.2) is 0 Å². The Hall–Kier alpha value is -2.42. The third-order valence-corrected chi connectivity index (χ3v) is 4.23. The molecule has 0 spiro atoms. The molecule has 0 unspecified atom stereocenters. The molecule has 0 aromatic heterocycles. The molecule has 0 saturated heterocycles. The van der Waals surface area contributed by atoms with Crippen LogP contribution in [-0.2, 0) is 6.42 Å². The quantitative estimate of drug-likeness (QED) is 0.386. The molecule has 0 bridgehead atoms. The Morgan fingerprint density at radius 2 is 1.92 bits per heavy atom. The van der Waals surface area contributed by atoms with Gasteiger partial charge in [0.25, 0.3) is 0 Å². The second-order valence-corrected chi connectivity index (χ2v) is 6.15. The topological polar surface area (TPSA) is 38.4 Å². The van der Waals surface area contributed by atoms with Gasteiger partial charge in [-0.05, 0) is 81.1 Å². The number of unbranched alkanes of at least 4 members (excludes halogenated alkanes) is 2. The molecular weight excluding hydrogens is 299 g/mol. The van der Waals surface area contributed by atoms with E-state index in [-0.39, 0.29) is 5.82 Å². The van der Waals surface area contributed by atoms with Crippen molar-refractivity contribution in [3.05, 3.63) is 65.0 Å². The van der Waals surface area contributed by atoms with E-state index in [9.17, 15) is 4.39 Å². The molecule has 0 aliphatic carbocycles. The van der Waals surface area contributed by atoms with Crippen molar-refractivity contribution in [2.75, 3.05) is 5.73 Å². The zero-order valence-electron chi connectivity index (χ0n) is 14.5. The van der Waals surface area contributed by atoms with Crippen LogP contribution >= 0.6 is 0 Å². The summed E-state index contributed by atoms with van der Waals surface area (Å²) in [5, 5.41) is 0. The van der Waals surface area contributed by atoms with Crippen LogP contribution < -0.4 is 5.73 Å². The predicted octanol–water partition coefficient (Wildman–Crippen LogP) is 5.86. The summed E-state index contributed by atoms with van der Waals surface area (Å²) >= 11 is 0. The van der Waals surface area contributed by atoms with Crippen LogP contribution in [0.15, 0.2) is 47.5 Å². The van der Waals surface area contributed by atoms with Gasteiger partial charge in [-0.2, -0.15) is 0 Å². The molecule has 2 aromatic carbocycles. The molecule has 0 atom stereocenters. The van der Waals surface area contributed by atoms with Gasteiger partial charge in [0, 0.05) is 17.3 Å². The number of rotatable bonds is 7. The lowest BCUT2D eigenvalue weighted by Crippen LogP contribution is -1.90. The van der Waals surface area contributed by atoms with Gasteiger partial charge in [0.1, 0.15) is 5.82 Å². The second kappa shape index (κ2) is 8.44. The average molecular weight is 324 g/mol. The SMILES string of the molecule is C=Nc1cc(F)c(/C(C)=C/CCCCc2ccc(N)cc2)cc1C. The minimum Gasteiger partial charge on any atom is -0.399 e. The summed E-state index contributed by atoms with van der Waals surface area (Å²) < 4.78 is 14.2. The van der Waals surface area contributed by atoms with E-state index < -0.39 is 0 Å². The first-order valence-electron chi connectivity index (χ1n) is 8.29. The van der Waals surface area contributed by atoms with E-state index in [1.807, 2.05) is 32.0 Å². The third-order valence-electron chi connectivity index (χ3n) is 4.23. The molecule has 126 valence electrons. The predicted molar refractivity (Wildman–Crippen MR) is 102 cm³/mol. The molecule has 3 heteroatoms. The van der Waals surface area contributed by atoms with Crippen LogP contribution in [0.25, 0.3) is 5.57 Å². The normalized spacial score (nSPS) is 11.5. The Labute approximate surface area is 143 Å². The Kier molecular flexibility index (Phi) is 6.30. The fraction of sp³-hybridized carbons (Fsp3) is 0.286. The highest BCUT2D eigenvalue weighted by molar-refractivity contribution is 5.68. The standard InChI is InChI=1S/C21H25FN2/c1-15(19-13-16(2)21(24-3)14-20(19)22)7-5-4-6-8-17-9-11-18(23)12-10-17/h7,9-14H,3-6,8,23H2,1-2H3/b15-7+. The number of nitrogens with zero attached hydrogens (tertiary/aromatic N) is 1. The van der Waals surface area contributed by atoms with Crippen LogP contribution in [0, 0.1) is 12.7 Å². The molecular formula is C21H25FN2. The van der Waals surface area contributed by atoms with E-state index >= 15 is 0 Å². The van der Waals surface area contributed by atoms with Gasteiger partial charge < -0.3 is 5.73 Å². The van der Waals surface area contributed by atoms with Gasteiger partial charge in [0.05, 0.1) is 5.69 Å². The number of aryl methyl sites for hydroxylation is 2. The maximum atomic E-state index is 14.2. The van der Waals surface area contributed by atoms with Crippen LogP contribution in [0.4, 0.5) is 15.8 Å². The van der Waals surface area contributed by atoms with Crippen LogP contribution in [0.2, 0.25) is 0 Å². The molecule has 0 radical (unpaired) electrons. The number of halogens is 1. The fourth-order valence-electron chi connectivity index (χ4n) is 2.73. The Morgan fingerprint density at radius 1 is 1.21 bits per heavy atom. The molecule has 24 heavy (non-hydrogen) atoms. The molecule has 0 heterocycles. The number of nitrogens with two attached hydrogens (primary N) is 1. The lowest BCUT2D eigenvalue weighted by molar-refractivity contribution is 0.623. The van der Waals surface area contributed by atoms with Gasteiger partial charge >= 0.3 is 0 Å². The molecule has 2 nitrogen and oxygen atoms in total. The van der Waals surface area contributed by atoms with Crippen molar-refractivity contribution in [3.63, 3.8) is 0 Å². The van der Waals surface area contributed by atoms with E-state index in [0.29, 0.717) is 11.3 Å². The number of aliphatic imine (C=N–C) groups is 1. The minimum absolute atomic E-state index is 0.237. The fourth-order valence-corrected chi connectivity index (χ4v) is 2.73. The zero-order valence-corrected chi connectivity index (χ0v) is 14.5. The smallest absolute Gasteiger partial charge is 0.132 e. The minimum atomic E-state index is -0.237. The molecule has 0 aliphatic heterocycles. The van der Waals surface area contributed by atoms with Gasteiger partial charge in [-0.25, -0.2) is 4.39 Å². The highest BCUT2D eigenvalue weighted by atomic mass is 19.1. The highest BCUT2D eigenvalue weighted by Crippen LogP contribution is 2.27. The Morgan fingerprint density at radius 3 is 2.58 bits per heavy atom. The van der Waals surface area contributed by atoms with Crippen LogP contribution in [0.5, 0.6) is 0 Å². The maximum Gasteiger partial charge on any atom is 0.132 e. The lowest BCUT2D eigenvalue weighted by atomic mass is 10.0. The number of anilines is 1. The summed E-state index contributed by atoms with van der Waals surface area (Å²) in [5.41, 5.74) is 11.0. The summed E-state index contributed by atoms with van der Waals surface area (Å²) in [7, 11) is 0. The van der Waals surface area contributed by atoms with Crippen LogP contribution in [0.3, 0.4) is 0 Å². The second-order valence-electron chi connectivity index (χ2n) is 6.15. The maximum absolute atomic E-state index is 14.2. The van der Waals surface area contributed by atoms with E-state index in [1.165, 1.54) is 11.6 Å². The Balaban J connectivity index is 1.89. The van der Waals surface area contributed by atoms with Crippen molar-refractivity contribution in [2.24, 2.45) is 4.99 Å². The first kappa shape index (κ1) is 17.9. The molecule has 0 aliphatic rings. The molecule has 0 amide bonds. The van der Waals surface area contributed by atoms with Gasteiger partial charge in [-0.1, -0.05) is 18.2 Å². The highest BCUT2D eigenvalue weighted by Gasteiger charge is 2.07. The summed E-state index contributed by atoms with van der Waals surface area (Å²) in [5.74, 6) is -0.237. The zero-order chi connectivity index (χ0) is 17.5. The van der Waals surface area contributed by atoms with Crippen molar-refractivity contribution >= 4 is 23.7 Å². The van der Waals surface area contributed by atoms with Gasteiger partial charge in [-0.3, -0.25) is 4.99 Å². The summed E-state index contributed by atoms with van der Waals surface area (Å²) in [4.78, 5) is 3.83. The summed E-state index contributed by atoms with van der Waals surface area (Å²) in [6, 6.07) is 11.3. The number of benzene rings is 2. The summed E-state index contributed by atoms with van der Waals surface area (Å²) in [6.45, 7) is 7.35. The molecule has 2 aromatic rings. The third kappa shape index (κ3) is 4.79. The van der Waals surface area contributed by atoms with Crippen molar-refractivity contribution in [1.29, 1.82) is 0 Å². The number of allylic oxidation sites excluding steroid dienone is 2. The molecule has 0 saturated carbocycles. The Bertz CT molecular complexity index is 730.